The van der Waals surface area contributed by atoms with Gasteiger partial charge in [0.1, 0.15) is 16.7 Å². The molecule has 3 rings (SSSR count). The van der Waals surface area contributed by atoms with E-state index in [-0.39, 0.29) is 51.9 Å². The van der Waals surface area contributed by atoms with Crippen LogP contribution in [0.3, 0.4) is 0 Å². The first-order valence-electron chi connectivity index (χ1n) is 8.62. The van der Waals surface area contributed by atoms with Crippen molar-refractivity contribution in [2.45, 2.75) is 12.3 Å². The van der Waals surface area contributed by atoms with Gasteiger partial charge in [-0.2, -0.15) is 0 Å². The Bertz CT molecular complexity index is 1060. The number of hydrogen-bond donors (Lipinski definition) is 2. The molecular weight excluding hydrogens is 384 g/mol. The molecule has 1 atom stereocenters. The fraction of sp³-hybridized carbons (Fsp3) is 0.350. The summed E-state index contributed by atoms with van der Waals surface area (Å²) < 4.78 is 32.1. The maximum Gasteiger partial charge on any atom is 0.238 e. The van der Waals surface area contributed by atoms with Crippen molar-refractivity contribution in [2.24, 2.45) is 0 Å². The van der Waals surface area contributed by atoms with E-state index in [9.17, 15) is 15.0 Å². The van der Waals surface area contributed by atoms with E-state index in [0.717, 1.165) is 0 Å². The molecule has 29 heavy (non-hydrogen) atoms. The Morgan fingerprint density at radius 1 is 0.966 bits per heavy atom. The second-order valence-electron chi connectivity index (χ2n) is 6.19. The van der Waals surface area contributed by atoms with Gasteiger partial charge in [0.05, 0.1) is 41.5 Å². The summed E-state index contributed by atoms with van der Waals surface area (Å²) in [5, 5.41) is 20.7. The summed E-state index contributed by atoms with van der Waals surface area (Å²) in [5.74, 6) is -0.302. The lowest BCUT2D eigenvalue weighted by Gasteiger charge is -2.23. The van der Waals surface area contributed by atoms with Crippen LogP contribution in [0.2, 0.25) is 0 Å². The molecule has 0 saturated carbocycles. The smallest absolute Gasteiger partial charge is 0.238 e. The van der Waals surface area contributed by atoms with E-state index in [1.165, 1.54) is 47.7 Å². The highest BCUT2D eigenvalue weighted by atomic mass is 16.5. The average Bonchev–Trinajstić information content (AvgIpc) is 2.72. The first kappa shape index (κ1) is 20.2. The fourth-order valence-electron chi connectivity index (χ4n) is 3.40. The SMILES string of the molecule is COC1=C(OC)C(O)=CC(c2oc3cc(OC)c(OC)c(O)c3c(=O)c2OC)C1. The summed E-state index contributed by atoms with van der Waals surface area (Å²) in [6.45, 7) is 0. The van der Waals surface area contributed by atoms with Crippen LogP contribution in [0.4, 0.5) is 0 Å². The molecule has 0 amide bonds. The van der Waals surface area contributed by atoms with Crippen molar-refractivity contribution in [3.05, 3.63) is 45.4 Å². The van der Waals surface area contributed by atoms with Gasteiger partial charge in [-0.15, -0.1) is 0 Å². The van der Waals surface area contributed by atoms with Crippen LogP contribution >= 0.6 is 0 Å². The Kier molecular flexibility index (Phi) is 5.49. The molecule has 1 aromatic heterocycles. The third-order valence-corrected chi connectivity index (χ3v) is 4.73. The topological polar surface area (TPSA) is 117 Å². The molecule has 1 aromatic carbocycles. The van der Waals surface area contributed by atoms with Crippen LogP contribution in [0.1, 0.15) is 18.1 Å². The number of methoxy groups -OCH3 is 5. The summed E-state index contributed by atoms with van der Waals surface area (Å²) >= 11 is 0. The van der Waals surface area contributed by atoms with Gasteiger partial charge in [-0.3, -0.25) is 4.79 Å². The van der Waals surface area contributed by atoms with Gasteiger partial charge in [0.25, 0.3) is 0 Å². The van der Waals surface area contributed by atoms with Crippen LogP contribution in [0.5, 0.6) is 23.0 Å². The van der Waals surface area contributed by atoms with Crippen molar-refractivity contribution in [2.75, 3.05) is 35.5 Å². The lowest BCUT2D eigenvalue weighted by Crippen LogP contribution is -2.16. The minimum absolute atomic E-state index is 0.00616. The molecule has 0 bridgehead atoms. The van der Waals surface area contributed by atoms with E-state index >= 15 is 0 Å². The number of benzene rings is 1. The lowest BCUT2D eigenvalue weighted by molar-refractivity contribution is 0.185. The van der Waals surface area contributed by atoms with Crippen molar-refractivity contribution >= 4 is 11.0 Å². The van der Waals surface area contributed by atoms with Gasteiger partial charge in [0.15, 0.2) is 28.8 Å². The Hall–Kier alpha value is -3.49. The number of rotatable bonds is 6. The maximum absolute atomic E-state index is 13.1. The van der Waals surface area contributed by atoms with Gasteiger partial charge in [0, 0.05) is 12.5 Å². The second-order valence-corrected chi connectivity index (χ2v) is 6.19. The van der Waals surface area contributed by atoms with Crippen LogP contribution in [0.15, 0.2) is 38.6 Å². The molecule has 9 heteroatoms. The summed E-state index contributed by atoms with van der Waals surface area (Å²) in [6.07, 6.45) is 1.74. The van der Waals surface area contributed by atoms with Crippen molar-refractivity contribution in [1.29, 1.82) is 0 Å². The van der Waals surface area contributed by atoms with Gasteiger partial charge in [-0.1, -0.05) is 0 Å². The second kappa shape index (κ2) is 7.86. The van der Waals surface area contributed by atoms with Crippen LogP contribution in [-0.4, -0.2) is 45.8 Å². The van der Waals surface area contributed by atoms with E-state index in [1.807, 2.05) is 0 Å². The van der Waals surface area contributed by atoms with Crippen LogP contribution in [0.25, 0.3) is 11.0 Å². The molecule has 1 aliphatic carbocycles. The van der Waals surface area contributed by atoms with Gasteiger partial charge >= 0.3 is 0 Å². The number of phenols is 1. The van der Waals surface area contributed by atoms with E-state index < -0.39 is 17.1 Å². The van der Waals surface area contributed by atoms with E-state index in [0.29, 0.717) is 5.76 Å². The van der Waals surface area contributed by atoms with E-state index in [1.54, 1.807) is 0 Å². The maximum atomic E-state index is 13.1. The van der Waals surface area contributed by atoms with Crippen LogP contribution < -0.4 is 19.6 Å². The third-order valence-electron chi connectivity index (χ3n) is 4.73. The molecular formula is C20H22O9. The third kappa shape index (κ3) is 3.18. The van der Waals surface area contributed by atoms with Crippen molar-refractivity contribution < 1.29 is 38.3 Å². The minimum atomic E-state index is -0.587. The van der Waals surface area contributed by atoms with Gasteiger partial charge in [-0.05, 0) is 6.08 Å². The molecule has 1 unspecified atom stereocenters. The summed E-state index contributed by atoms with van der Waals surface area (Å²) in [4.78, 5) is 13.1. The number of aliphatic hydroxyl groups is 1. The fourth-order valence-corrected chi connectivity index (χ4v) is 3.40. The number of aromatic hydroxyl groups is 1. The lowest BCUT2D eigenvalue weighted by atomic mass is 9.93. The molecule has 0 aliphatic heterocycles. The van der Waals surface area contributed by atoms with Crippen molar-refractivity contribution in [1.82, 2.24) is 0 Å². The molecule has 0 fully saturated rings. The zero-order valence-electron chi connectivity index (χ0n) is 16.7. The Labute approximate surface area is 166 Å². The summed E-state index contributed by atoms with van der Waals surface area (Å²) in [6, 6.07) is 1.44. The quantitative estimate of drug-likeness (QED) is 0.746. The number of fused-ring (bicyclic) bond motifs is 1. The number of phenolic OH excluding ortho intramolecular Hbond substituents is 1. The minimum Gasteiger partial charge on any atom is -0.504 e. The Balaban J connectivity index is 2.27. The summed E-state index contributed by atoms with van der Waals surface area (Å²) in [5.41, 5.74) is -0.509. The summed E-state index contributed by atoms with van der Waals surface area (Å²) in [7, 11) is 6.93. The van der Waals surface area contributed by atoms with Crippen LogP contribution in [-0.2, 0) is 9.47 Å². The highest BCUT2D eigenvalue weighted by molar-refractivity contribution is 5.89. The van der Waals surface area contributed by atoms with Gasteiger partial charge in [0.2, 0.25) is 16.9 Å². The monoisotopic (exact) mass is 406 g/mol. The molecule has 0 radical (unpaired) electrons. The Morgan fingerprint density at radius 2 is 1.66 bits per heavy atom. The zero-order valence-corrected chi connectivity index (χ0v) is 16.7. The number of aliphatic hydroxyl groups excluding tert-OH is 1. The first-order valence-corrected chi connectivity index (χ1v) is 8.62. The predicted molar refractivity (Wildman–Crippen MR) is 103 cm³/mol. The predicted octanol–water partition coefficient (Wildman–Crippen LogP) is 2.96. The van der Waals surface area contributed by atoms with Gasteiger partial charge < -0.3 is 38.3 Å². The molecule has 1 heterocycles. The highest BCUT2D eigenvalue weighted by Crippen LogP contribution is 2.44. The molecule has 0 saturated heterocycles. The molecule has 1 aliphatic rings. The van der Waals surface area contributed by atoms with Gasteiger partial charge in [-0.25, -0.2) is 0 Å². The number of ether oxygens (including phenoxy) is 5. The highest BCUT2D eigenvalue weighted by Gasteiger charge is 2.31. The molecule has 0 spiro atoms. The zero-order chi connectivity index (χ0) is 21.3. The van der Waals surface area contributed by atoms with Crippen molar-refractivity contribution in [3.63, 3.8) is 0 Å². The normalized spacial score (nSPS) is 16.4. The van der Waals surface area contributed by atoms with E-state index in [2.05, 4.69) is 0 Å². The number of allylic oxidation sites excluding steroid dienone is 2. The molecule has 9 nitrogen and oxygen atoms in total. The largest absolute Gasteiger partial charge is 0.504 e. The number of hydrogen-bond acceptors (Lipinski definition) is 9. The molecule has 2 N–H and O–H groups in total. The van der Waals surface area contributed by atoms with E-state index in [4.69, 9.17) is 28.1 Å². The molecule has 2 aromatic rings. The average molecular weight is 406 g/mol. The molecule has 156 valence electrons. The van der Waals surface area contributed by atoms with Crippen molar-refractivity contribution in [3.8, 4) is 23.0 Å². The standard InChI is InChI=1S/C20H22O9/c1-24-12-7-9(6-10(21)18(12)26-3)17-20(28-5)16(23)14-11(29-17)8-13(25-2)19(27-4)15(14)22/h6,8-9,21-22H,7H2,1-5H3. The Morgan fingerprint density at radius 3 is 2.21 bits per heavy atom. The van der Waals surface area contributed by atoms with Crippen LogP contribution in [0, 0.1) is 0 Å². The first-order chi connectivity index (χ1) is 13.9.